The number of carbonyl (C=O) groups is 1. The van der Waals surface area contributed by atoms with E-state index in [0.717, 1.165) is 22.4 Å². The van der Waals surface area contributed by atoms with Gasteiger partial charge in [-0.05, 0) is 35.9 Å². The molecule has 2 aromatic heterocycles. The Bertz CT molecular complexity index is 1220. The molecule has 0 unspecified atom stereocenters. The second-order valence-electron chi connectivity index (χ2n) is 6.66. The van der Waals surface area contributed by atoms with Gasteiger partial charge in [-0.3, -0.25) is 19.9 Å². The first-order valence-electron chi connectivity index (χ1n) is 9.60. The lowest BCUT2D eigenvalue weighted by Crippen LogP contribution is -2.24. The molecule has 31 heavy (non-hydrogen) atoms. The molecule has 0 atom stereocenters. The normalized spacial score (nSPS) is 11.0. The van der Waals surface area contributed by atoms with Crippen LogP contribution < -0.4 is 14.8 Å². The minimum absolute atomic E-state index is 0.267. The summed E-state index contributed by atoms with van der Waals surface area (Å²) in [6.45, 7) is 0.267. The van der Waals surface area contributed by atoms with Gasteiger partial charge in [0.05, 0.1) is 54.8 Å². The molecule has 0 aliphatic rings. The van der Waals surface area contributed by atoms with Crippen molar-refractivity contribution >= 4 is 29.0 Å². The highest BCUT2D eigenvalue weighted by molar-refractivity contribution is 6.05. The lowest BCUT2D eigenvalue weighted by molar-refractivity contribution is 0.0947. The lowest BCUT2D eigenvalue weighted by atomic mass is 10.1. The SMILES string of the molecule is COc1ccc(/C=C/c2[nH]nc3ccc(C(=O)NCc4cnccn4)c(OC)c23)cc1. The van der Waals surface area contributed by atoms with Crippen LogP contribution in [0.25, 0.3) is 23.1 Å². The van der Waals surface area contributed by atoms with Crippen molar-refractivity contribution in [3.05, 3.63) is 77.5 Å². The number of benzene rings is 2. The summed E-state index contributed by atoms with van der Waals surface area (Å²) < 4.78 is 10.8. The zero-order chi connectivity index (χ0) is 21.6. The summed E-state index contributed by atoms with van der Waals surface area (Å²) >= 11 is 0. The summed E-state index contributed by atoms with van der Waals surface area (Å²) in [7, 11) is 3.17. The van der Waals surface area contributed by atoms with Crippen molar-refractivity contribution in [1.82, 2.24) is 25.5 Å². The predicted molar refractivity (Wildman–Crippen MR) is 118 cm³/mol. The minimum atomic E-state index is -0.268. The van der Waals surface area contributed by atoms with Crippen LogP contribution >= 0.6 is 0 Å². The topological polar surface area (TPSA) is 102 Å². The van der Waals surface area contributed by atoms with Gasteiger partial charge in [-0.1, -0.05) is 18.2 Å². The van der Waals surface area contributed by atoms with Crippen molar-refractivity contribution < 1.29 is 14.3 Å². The molecule has 2 heterocycles. The Labute approximate surface area is 179 Å². The third-order valence-electron chi connectivity index (χ3n) is 4.76. The van der Waals surface area contributed by atoms with E-state index in [1.807, 2.05) is 36.4 Å². The maximum atomic E-state index is 12.8. The van der Waals surface area contributed by atoms with Crippen molar-refractivity contribution in [3.63, 3.8) is 0 Å². The summed E-state index contributed by atoms with van der Waals surface area (Å²) in [6.07, 6.45) is 8.63. The Morgan fingerprint density at radius 1 is 1.06 bits per heavy atom. The monoisotopic (exact) mass is 415 g/mol. The van der Waals surface area contributed by atoms with Gasteiger partial charge in [-0.25, -0.2) is 0 Å². The molecular formula is C23H21N5O3. The number of nitrogens with one attached hydrogen (secondary N) is 2. The Kier molecular flexibility index (Phi) is 5.89. The van der Waals surface area contributed by atoms with Crippen LogP contribution in [0.5, 0.6) is 11.5 Å². The van der Waals surface area contributed by atoms with E-state index >= 15 is 0 Å². The molecule has 0 aliphatic heterocycles. The van der Waals surface area contributed by atoms with Crippen LogP contribution in [-0.2, 0) is 6.54 Å². The Hall–Kier alpha value is -4.20. The standard InChI is InChI=1S/C23H21N5O3/c1-30-17-6-3-15(4-7-17)5-9-19-21-20(28-27-19)10-8-18(22(21)31-2)23(29)26-14-16-13-24-11-12-25-16/h3-13H,14H2,1-2H3,(H,26,29)(H,27,28)/b9-5+. The molecule has 0 aliphatic carbocycles. The molecule has 4 aromatic rings. The van der Waals surface area contributed by atoms with Gasteiger partial charge in [-0.2, -0.15) is 5.10 Å². The zero-order valence-electron chi connectivity index (χ0n) is 17.1. The first-order valence-corrected chi connectivity index (χ1v) is 9.60. The number of aromatic nitrogens is 4. The molecule has 0 saturated carbocycles. The fourth-order valence-electron chi connectivity index (χ4n) is 3.20. The molecule has 8 heteroatoms. The van der Waals surface area contributed by atoms with Crippen LogP contribution in [0.15, 0.2) is 55.0 Å². The third-order valence-corrected chi connectivity index (χ3v) is 4.76. The van der Waals surface area contributed by atoms with Crippen LogP contribution in [0, 0.1) is 0 Å². The van der Waals surface area contributed by atoms with Crippen LogP contribution in [0.2, 0.25) is 0 Å². The van der Waals surface area contributed by atoms with E-state index in [0.29, 0.717) is 22.5 Å². The Balaban J connectivity index is 1.62. The Morgan fingerprint density at radius 2 is 1.90 bits per heavy atom. The highest BCUT2D eigenvalue weighted by Crippen LogP contribution is 2.32. The second-order valence-corrected chi connectivity index (χ2v) is 6.66. The molecule has 1 amide bonds. The Morgan fingerprint density at radius 3 is 2.61 bits per heavy atom. The lowest BCUT2D eigenvalue weighted by Gasteiger charge is -2.10. The molecule has 156 valence electrons. The number of fused-ring (bicyclic) bond motifs is 1. The summed E-state index contributed by atoms with van der Waals surface area (Å²) in [6, 6.07) is 11.2. The van der Waals surface area contributed by atoms with E-state index < -0.39 is 0 Å². The molecule has 2 N–H and O–H groups in total. The van der Waals surface area contributed by atoms with E-state index in [4.69, 9.17) is 9.47 Å². The van der Waals surface area contributed by atoms with Crippen molar-refractivity contribution in [2.75, 3.05) is 14.2 Å². The van der Waals surface area contributed by atoms with Gasteiger partial charge in [0, 0.05) is 12.4 Å². The molecule has 0 fully saturated rings. The number of nitrogens with zero attached hydrogens (tertiary/aromatic N) is 3. The first kappa shape index (κ1) is 20.1. The smallest absolute Gasteiger partial charge is 0.255 e. The van der Waals surface area contributed by atoms with Crippen molar-refractivity contribution in [1.29, 1.82) is 0 Å². The van der Waals surface area contributed by atoms with Gasteiger partial charge < -0.3 is 14.8 Å². The van der Waals surface area contributed by atoms with Crippen molar-refractivity contribution in [2.45, 2.75) is 6.54 Å². The minimum Gasteiger partial charge on any atom is -0.497 e. The van der Waals surface area contributed by atoms with E-state index in [9.17, 15) is 4.79 Å². The van der Waals surface area contributed by atoms with Crippen LogP contribution in [0.1, 0.15) is 27.3 Å². The van der Waals surface area contributed by atoms with Crippen LogP contribution in [0.4, 0.5) is 0 Å². The van der Waals surface area contributed by atoms with Gasteiger partial charge >= 0.3 is 0 Å². The van der Waals surface area contributed by atoms with Gasteiger partial charge in [-0.15, -0.1) is 0 Å². The number of amides is 1. The van der Waals surface area contributed by atoms with E-state index in [2.05, 4.69) is 25.5 Å². The maximum absolute atomic E-state index is 12.8. The van der Waals surface area contributed by atoms with Gasteiger partial charge in [0.25, 0.3) is 5.91 Å². The maximum Gasteiger partial charge on any atom is 0.255 e. The number of ether oxygens (including phenoxy) is 2. The van der Waals surface area contributed by atoms with E-state index in [1.165, 1.54) is 7.11 Å². The fraction of sp³-hybridized carbons (Fsp3) is 0.130. The number of methoxy groups -OCH3 is 2. The highest BCUT2D eigenvalue weighted by Gasteiger charge is 2.18. The quantitative estimate of drug-likeness (QED) is 0.479. The highest BCUT2D eigenvalue weighted by atomic mass is 16.5. The molecular weight excluding hydrogens is 394 g/mol. The molecule has 8 nitrogen and oxygen atoms in total. The van der Waals surface area contributed by atoms with E-state index in [-0.39, 0.29) is 12.5 Å². The number of aromatic amines is 1. The first-order chi connectivity index (χ1) is 15.2. The predicted octanol–water partition coefficient (Wildman–Crippen LogP) is 3.47. The molecule has 4 rings (SSSR count). The van der Waals surface area contributed by atoms with Gasteiger partial charge in [0.15, 0.2) is 0 Å². The number of carbonyl (C=O) groups excluding carboxylic acids is 1. The van der Waals surface area contributed by atoms with Crippen molar-refractivity contribution in [3.8, 4) is 11.5 Å². The molecule has 0 radical (unpaired) electrons. The molecule has 0 saturated heterocycles. The van der Waals surface area contributed by atoms with Crippen molar-refractivity contribution in [2.24, 2.45) is 0 Å². The second kappa shape index (κ2) is 9.08. The number of hydrogen-bond donors (Lipinski definition) is 2. The van der Waals surface area contributed by atoms with Gasteiger partial charge in [0.1, 0.15) is 11.5 Å². The van der Waals surface area contributed by atoms with Crippen LogP contribution in [0.3, 0.4) is 0 Å². The summed E-state index contributed by atoms with van der Waals surface area (Å²) in [5.74, 6) is 0.982. The third kappa shape index (κ3) is 4.37. The summed E-state index contributed by atoms with van der Waals surface area (Å²) in [4.78, 5) is 21.0. The number of rotatable bonds is 7. The largest absolute Gasteiger partial charge is 0.497 e. The van der Waals surface area contributed by atoms with Gasteiger partial charge in [0.2, 0.25) is 0 Å². The number of H-pyrrole nitrogens is 1. The zero-order valence-corrected chi connectivity index (χ0v) is 17.1. The summed E-state index contributed by atoms with van der Waals surface area (Å²) in [5, 5.41) is 10.9. The van der Waals surface area contributed by atoms with Crippen LogP contribution in [-0.4, -0.2) is 40.3 Å². The molecule has 2 aromatic carbocycles. The fourth-order valence-corrected chi connectivity index (χ4v) is 3.20. The van der Waals surface area contributed by atoms with E-state index in [1.54, 1.807) is 37.8 Å². The average molecular weight is 415 g/mol. The molecule has 0 spiro atoms. The average Bonchev–Trinajstić information content (AvgIpc) is 3.24. The summed E-state index contributed by atoms with van der Waals surface area (Å²) in [5.41, 5.74) is 3.53. The molecule has 0 bridgehead atoms. The number of hydrogen-bond acceptors (Lipinski definition) is 6.